The second kappa shape index (κ2) is 8.96. The maximum atomic E-state index is 5.81. The van der Waals surface area contributed by atoms with E-state index in [9.17, 15) is 0 Å². The van der Waals surface area contributed by atoms with Gasteiger partial charge < -0.3 is 4.74 Å². The summed E-state index contributed by atoms with van der Waals surface area (Å²) in [6.45, 7) is 8.03. The molecule has 5 rings (SSSR count). The third kappa shape index (κ3) is 3.77. The first-order chi connectivity index (χ1) is 16.0. The Labute approximate surface area is 199 Å². The van der Waals surface area contributed by atoms with Crippen LogP contribution in [0.15, 0.2) is 114 Å². The maximum Gasteiger partial charge on any atom is 0.115 e. The van der Waals surface area contributed by atoms with E-state index in [0.29, 0.717) is 11.6 Å². The molecule has 0 amide bonds. The van der Waals surface area contributed by atoms with Crippen molar-refractivity contribution in [2.24, 2.45) is 11.3 Å². The largest absolute Gasteiger partial charge is 0.497 e. The first-order valence-corrected chi connectivity index (χ1v) is 14.0. The summed E-state index contributed by atoms with van der Waals surface area (Å²) in [5.74, 6) is 0.502. The zero-order chi connectivity index (χ0) is 22.9. The summed E-state index contributed by atoms with van der Waals surface area (Å²) >= 11 is 0. The number of hydrogen-bond acceptors (Lipinski definition) is 1. The molecule has 1 heterocycles. The molecule has 0 saturated heterocycles. The molecule has 0 bridgehead atoms. The fourth-order valence-electron chi connectivity index (χ4n) is 6.11. The Kier molecular flexibility index (Phi) is 6.02. The van der Waals surface area contributed by atoms with Crippen LogP contribution >= 0.6 is 7.26 Å². The summed E-state index contributed by atoms with van der Waals surface area (Å²) < 4.78 is 5.81. The highest BCUT2D eigenvalue weighted by Gasteiger charge is 2.54. The number of ether oxygens (including phenoxy) is 1. The summed E-state index contributed by atoms with van der Waals surface area (Å²) in [5.41, 5.74) is 3.69. The summed E-state index contributed by atoms with van der Waals surface area (Å²) in [6.07, 6.45) is 6.62. The Morgan fingerprint density at radius 1 is 0.788 bits per heavy atom. The minimum absolute atomic E-state index is 0.198. The van der Waals surface area contributed by atoms with Gasteiger partial charge in [-0.05, 0) is 78.8 Å². The second-order valence-electron chi connectivity index (χ2n) is 10.0. The fraction of sp³-hybridized carbons (Fsp3) is 0.290. The molecule has 0 radical (unpaired) electrons. The quantitative estimate of drug-likeness (QED) is 0.393. The van der Waals surface area contributed by atoms with E-state index >= 15 is 0 Å². The van der Waals surface area contributed by atoms with Crippen molar-refractivity contribution < 1.29 is 4.74 Å². The molecule has 2 atom stereocenters. The molecule has 0 saturated carbocycles. The van der Waals surface area contributed by atoms with Crippen LogP contribution in [-0.2, 0) is 4.74 Å². The Balaban J connectivity index is 1.77. The van der Waals surface area contributed by atoms with Gasteiger partial charge in [-0.1, -0.05) is 68.4 Å². The highest BCUT2D eigenvalue weighted by atomic mass is 31.2. The van der Waals surface area contributed by atoms with Crippen LogP contribution < -0.4 is 15.9 Å². The van der Waals surface area contributed by atoms with Gasteiger partial charge in [0.15, 0.2) is 0 Å². The molecule has 168 valence electrons. The van der Waals surface area contributed by atoms with Crippen LogP contribution in [0.5, 0.6) is 0 Å². The Morgan fingerprint density at radius 2 is 1.27 bits per heavy atom. The summed E-state index contributed by atoms with van der Waals surface area (Å²) in [4.78, 5) is 0. The number of hydrogen-bond donors (Lipinski definition) is 0. The average molecular weight is 454 g/mol. The molecule has 33 heavy (non-hydrogen) atoms. The van der Waals surface area contributed by atoms with Crippen molar-refractivity contribution in [1.82, 2.24) is 0 Å². The molecular weight excluding hydrogens is 419 g/mol. The summed E-state index contributed by atoms with van der Waals surface area (Å²) in [7, 11) is -1.93. The van der Waals surface area contributed by atoms with E-state index in [1.807, 2.05) is 6.26 Å². The average Bonchev–Trinajstić information content (AvgIpc) is 2.87. The van der Waals surface area contributed by atoms with Crippen LogP contribution in [0.25, 0.3) is 0 Å². The molecule has 3 aromatic carbocycles. The molecule has 1 aliphatic carbocycles. The first-order valence-electron chi connectivity index (χ1n) is 12.1. The number of benzene rings is 3. The van der Waals surface area contributed by atoms with E-state index < -0.39 is 7.26 Å². The van der Waals surface area contributed by atoms with Crippen LogP contribution in [-0.4, -0.2) is 12.3 Å². The third-order valence-electron chi connectivity index (χ3n) is 7.90. The molecule has 0 fully saturated rings. The predicted octanol–water partition coefficient (Wildman–Crippen LogP) is 6.65. The molecule has 0 spiro atoms. The van der Waals surface area contributed by atoms with Crippen LogP contribution in [0.4, 0.5) is 0 Å². The lowest BCUT2D eigenvalue weighted by Crippen LogP contribution is -2.43. The van der Waals surface area contributed by atoms with E-state index in [4.69, 9.17) is 4.74 Å². The highest BCUT2D eigenvalue weighted by molar-refractivity contribution is 7.96. The lowest BCUT2D eigenvalue weighted by atomic mass is 9.67. The Hall–Kier alpha value is -2.63. The molecule has 2 unspecified atom stereocenters. The van der Waals surface area contributed by atoms with Gasteiger partial charge in [-0.2, -0.15) is 0 Å². The highest BCUT2D eigenvalue weighted by Crippen LogP contribution is 2.64. The Morgan fingerprint density at radius 3 is 1.76 bits per heavy atom. The van der Waals surface area contributed by atoms with Crippen LogP contribution in [0.3, 0.4) is 0 Å². The van der Waals surface area contributed by atoms with Gasteiger partial charge in [0, 0.05) is 5.92 Å². The van der Waals surface area contributed by atoms with Gasteiger partial charge in [0.05, 0.1) is 11.9 Å². The maximum absolute atomic E-state index is 5.81. The van der Waals surface area contributed by atoms with Crippen molar-refractivity contribution in [1.29, 1.82) is 0 Å². The van der Waals surface area contributed by atoms with Crippen molar-refractivity contribution in [3.8, 4) is 0 Å². The van der Waals surface area contributed by atoms with E-state index in [-0.39, 0.29) is 5.41 Å². The molecule has 0 aromatic heterocycles. The van der Waals surface area contributed by atoms with E-state index in [2.05, 4.69) is 118 Å². The molecule has 1 aliphatic heterocycles. The lowest BCUT2D eigenvalue weighted by molar-refractivity contribution is 0.213. The van der Waals surface area contributed by atoms with Crippen LogP contribution in [0, 0.1) is 11.3 Å². The van der Waals surface area contributed by atoms with Crippen molar-refractivity contribution >= 4 is 23.2 Å². The normalized spacial score (nSPS) is 20.6. The van der Waals surface area contributed by atoms with E-state index in [1.54, 1.807) is 0 Å². The summed E-state index contributed by atoms with van der Waals surface area (Å²) in [6, 6.07) is 33.9. The minimum Gasteiger partial charge on any atom is -0.497 e. The smallest absolute Gasteiger partial charge is 0.115 e. The topological polar surface area (TPSA) is 9.23 Å². The van der Waals surface area contributed by atoms with Gasteiger partial charge in [0.2, 0.25) is 0 Å². The lowest BCUT2D eigenvalue weighted by Gasteiger charge is -2.44. The van der Waals surface area contributed by atoms with E-state index in [1.165, 1.54) is 39.9 Å². The van der Waals surface area contributed by atoms with Gasteiger partial charge in [0.1, 0.15) is 29.8 Å². The van der Waals surface area contributed by atoms with Gasteiger partial charge in [-0.25, -0.2) is 0 Å². The Bertz CT molecular complexity index is 1050. The van der Waals surface area contributed by atoms with Gasteiger partial charge in [0.25, 0.3) is 0 Å². The fourth-order valence-corrected chi connectivity index (χ4v) is 11.2. The standard InChI is InChI=1S/C31H34OP/c1-24(28-19-21-31(2,3)30-23-32-22-20-29(28)30)33(25-13-7-4-8-14-25,26-15-9-5-10-16-26)27-17-11-6-12-18-27/h4-18,20,22,24,28H,19,21,23H2,1-3H3/q+1. The zero-order valence-corrected chi connectivity index (χ0v) is 20.8. The monoisotopic (exact) mass is 453 g/mol. The molecule has 3 aromatic rings. The van der Waals surface area contributed by atoms with Gasteiger partial charge in [-0.15, -0.1) is 0 Å². The van der Waals surface area contributed by atoms with Crippen molar-refractivity contribution in [2.45, 2.75) is 39.3 Å². The molecular formula is C31H34OP+. The van der Waals surface area contributed by atoms with Crippen molar-refractivity contribution in [3.05, 3.63) is 114 Å². The van der Waals surface area contributed by atoms with Crippen LogP contribution in [0.2, 0.25) is 0 Å². The zero-order valence-electron chi connectivity index (χ0n) is 19.9. The third-order valence-corrected chi connectivity index (χ3v) is 12.8. The number of rotatable bonds is 5. The second-order valence-corrected chi connectivity index (χ2v) is 13.9. The number of allylic oxidation sites excluding steroid dienone is 2. The molecule has 1 nitrogen and oxygen atoms in total. The van der Waals surface area contributed by atoms with E-state index in [0.717, 1.165) is 6.61 Å². The van der Waals surface area contributed by atoms with Crippen LogP contribution in [0.1, 0.15) is 33.6 Å². The predicted molar refractivity (Wildman–Crippen MR) is 143 cm³/mol. The van der Waals surface area contributed by atoms with Gasteiger partial charge in [-0.3, -0.25) is 0 Å². The van der Waals surface area contributed by atoms with Gasteiger partial charge >= 0.3 is 0 Å². The van der Waals surface area contributed by atoms with Crippen molar-refractivity contribution in [3.63, 3.8) is 0 Å². The SMILES string of the molecule is CC(C1CCC(C)(C)C2=C1C=COC2)[P+](c1ccccc1)(c1ccccc1)c1ccccc1. The van der Waals surface area contributed by atoms with Crippen molar-refractivity contribution in [2.75, 3.05) is 6.61 Å². The first kappa shape index (κ1) is 22.2. The molecule has 0 N–H and O–H groups in total. The molecule has 2 heteroatoms. The molecule has 2 aliphatic rings. The minimum atomic E-state index is -1.93. The summed E-state index contributed by atoms with van der Waals surface area (Å²) in [5, 5.41) is 4.41.